The summed E-state index contributed by atoms with van der Waals surface area (Å²) in [6, 6.07) is 4.06. The quantitative estimate of drug-likeness (QED) is 0.774. The second-order valence-electron chi connectivity index (χ2n) is 5.75. The lowest BCUT2D eigenvalue weighted by atomic mass is 10.2. The number of carbonyl (C=O) groups is 2. The Hall–Kier alpha value is -2.37. The lowest BCUT2D eigenvalue weighted by molar-refractivity contribution is -0.128. The van der Waals surface area contributed by atoms with Gasteiger partial charge in [0, 0.05) is 31.7 Å². The van der Waals surface area contributed by atoms with Crippen LogP contribution in [-0.4, -0.2) is 46.9 Å². The van der Waals surface area contributed by atoms with Gasteiger partial charge in [-0.15, -0.1) is 6.58 Å². The third-order valence-corrected chi connectivity index (χ3v) is 3.93. The SMILES string of the molecule is C=CCNC(=O)c1ccc(NC2CC(=O)N(C3CC3)C2)nc1. The van der Waals surface area contributed by atoms with Gasteiger partial charge in [0.2, 0.25) is 5.91 Å². The smallest absolute Gasteiger partial charge is 0.253 e. The third kappa shape index (κ3) is 3.27. The van der Waals surface area contributed by atoms with Crippen LogP contribution in [0.15, 0.2) is 31.0 Å². The first-order valence-corrected chi connectivity index (χ1v) is 7.58. The van der Waals surface area contributed by atoms with Crippen LogP contribution >= 0.6 is 0 Å². The molecule has 3 rings (SSSR count). The van der Waals surface area contributed by atoms with Crippen molar-refractivity contribution in [1.29, 1.82) is 0 Å². The van der Waals surface area contributed by atoms with E-state index in [4.69, 9.17) is 0 Å². The fraction of sp³-hybridized carbons (Fsp3) is 0.438. The van der Waals surface area contributed by atoms with Crippen molar-refractivity contribution in [2.75, 3.05) is 18.4 Å². The Morgan fingerprint density at radius 1 is 1.45 bits per heavy atom. The highest BCUT2D eigenvalue weighted by Crippen LogP contribution is 2.31. The van der Waals surface area contributed by atoms with Crippen LogP contribution in [0.25, 0.3) is 0 Å². The normalized spacial score (nSPS) is 20.8. The number of nitrogens with zero attached hydrogens (tertiary/aromatic N) is 2. The van der Waals surface area contributed by atoms with Gasteiger partial charge in [0.05, 0.1) is 11.6 Å². The van der Waals surface area contributed by atoms with Gasteiger partial charge in [-0.1, -0.05) is 6.08 Å². The monoisotopic (exact) mass is 300 g/mol. The van der Waals surface area contributed by atoms with E-state index in [9.17, 15) is 9.59 Å². The number of anilines is 1. The number of rotatable bonds is 6. The molecule has 2 N–H and O–H groups in total. The van der Waals surface area contributed by atoms with E-state index < -0.39 is 0 Å². The van der Waals surface area contributed by atoms with E-state index in [2.05, 4.69) is 22.2 Å². The standard InChI is InChI=1S/C16H20N4O2/c1-2-7-17-16(22)11-3-6-14(18-9-11)19-12-8-15(21)20(10-12)13-4-5-13/h2-3,6,9,12-13H,1,4-5,7-8,10H2,(H,17,22)(H,18,19). The third-order valence-electron chi connectivity index (χ3n) is 3.93. The Bertz CT molecular complexity index is 580. The van der Waals surface area contributed by atoms with Crippen LogP contribution < -0.4 is 10.6 Å². The van der Waals surface area contributed by atoms with Crippen molar-refractivity contribution in [3.8, 4) is 0 Å². The molecule has 0 spiro atoms. The zero-order valence-corrected chi connectivity index (χ0v) is 12.4. The van der Waals surface area contributed by atoms with Crippen molar-refractivity contribution < 1.29 is 9.59 Å². The predicted octanol–water partition coefficient (Wildman–Crippen LogP) is 1.17. The van der Waals surface area contributed by atoms with Crippen LogP contribution in [0.5, 0.6) is 0 Å². The molecule has 22 heavy (non-hydrogen) atoms. The summed E-state index contributed by atoms with van der Waals surface area (Å²) in [7, 11) is 0. The summed E-state index contributed by atoms with van der Waals surface area (Å²) in [4.78, 5) is 29.9. The molecule has 1 aromatic heterocycles. The minimum absolute atomic E-state index is 0.0982. The van der Waals surface area contributed by atoms with Crippen LogP contribution in [0, 0.1) is 0 Å². The summed E-state index contributed by atoms with van der Waals surface area (Å²) in [5.74, 6) is 0.742. The molecule has 2 aliphatic rings. The topological polar surface area (TPSA) is 74.3 Å². The molecular formula is C16H20N4O2. The number of aromatic nitrogens is 1. The summed E-state index contributed by atoms with van der Waals surface area (Å²) >= 11 is 0. The van der Waals surface area contributed by atoms with Crippen molar-refractivity contribution >= 4 is 17.6 Å². The fourth-order valence-electron chi connectivity index (χ4n) is 2.66. The molecule has 2 heterocycles. The van der Waals surface area contributed by atoms with Crippen LogP contribution in [0.1, 0.15) is 29.6 Å². The molecule has 116 valence electrons. The van der Waals surface area contributed by atoms with E-state index >= 15 is 0 Å². The van der Waals surface area contributed by atoms with E-state index in [1.807, 2.05) is 4.90 Å². The lowest BCUT2D eigenvalue weighted by Crippen LogP contribution is -2.30. The van der Waals surface area contributed by atoms with Gasteiger partial charge in [-0.2, -0.15) is 0 Å². The van der Waals surface area contributed by atoms with Crippen molar-refractivity contribution in [3.63, 3.8) is 0 Å². The number of hydrogen-bond donors (Lipinski definition) is 2. The molecule has 6 nitrogen and oxygen atoms in total. The van der Waals surface area contributed by atoms with Gasteiger partial charge in [-0.25, -0.2) is 4.98 Å². The largest absolute Gasteiger partial charge is 0.365 e. The summed E-state index contributed by atoms with van der Waals surface area (Å²) in [5, 5.41) is 5.98. The number of hydrogen-bond acceptors (Lipinski definition) is 4. The predicted molar refractivity (Wildman–Crippen MR) is 83.5 cm³/mol. The molecule has 0 radical (unpaired) electrons. The van der Waals surface area contributed by atoms with Crippen molar-refractivity contribution in [3.05, 3.63) is 36.5 Å². The lowest BCUT2D eigenvalue weighted by Gasteiger charge is -2.16. The van der Waals surface area contributed by atoms with E-state index in [-0.39, 0.29) is 17.9 Å². The molecule has 1 saturated heterocycles. The molecule has 1 saturated carbocycles. The fourth-order valence-corrected chi connectivity index (χ4v) is 2.66. The second-order valence-corrected chi connectivity index (χ2v) is 5.75. The average Bonchev–Trinajstić information content (AvgIpc) is 3.30. The van der Waals surface area contributed by atoms with E-state index in [1.165, 1.54) is 6.20 Å². The number of amides is 2. The molecule has 1 aliphatic carbocycles. The maximum atomic E-state index is 11.9. The van der Waals surface area contributed by atoms with Crippen LogP contribution in [-0.2, 0) is 4.79 Å². The highest BCUT2D eigenvalue weighted by molar-refractivity contribution is 5.94. The van der Waals surface area contributed by atoms with Gasteiger partial charge in [0.25, 0.3) is 5.91 Å². The van der Waals surface area contributed by atoms with Crippen LogP contribution in [0.2, 0.25) is 0 Å². The molecule has 0 aromatic carbocycles. The summed E-state index contributed by atoms with van der Waals surface area (Å²) in [5.41, 5.74) is 0.509. The maximum absolute atomic E-state index is 11.9. The van der Waals surface area contributed by atoms with E-state index in [0.29, 0.717) is 30.4 Å². The van der Waals surface area contributed by atoms with Gasteiger partial charge >= 0.3 is 0 Å². The van der Waals surface area contributed by atoms with Gasteiger partial charge in [0.15, 0.2) is 0 Å². The van der Waals surface area contributed by atoms with Crippen molar-refractivity contribution in [2.45, 2.75) is 31.3 Å². The highest BCUT2D eigenvalue weighted by Gasteiger charge is 2.39. The summed E-state index contributed by atoms with van der Waals surface area (Å²) in [6.45, 7) is 4.73. The second kappa shape index (κ2) is 6.17. The first-order valence-electron chi connectivity index (χ1n) is 7.58. The number of likely N-dealkylation sites (tertiary alicyclic amines) is 1. The minimum Gasteiger partial charge on any atom is -0.365 e. The molecule has 2 fully saturated rings. The minimum atomic E-state index is -0.171. The van der Waals surface area contributed by atoms with Crippen LogP contribution in [0.4, 0.5) is 5.82 Å². The Balaban J connectivity index is 1.56. The molecule has 1 aromatic rings. The molecule has 6 heteroatoms. The van der Waals surface area contributed by atoms with Gasteiger partial charge in [0.1, 0.15) is 5.82 Å². The molecule has 2 amide bonds. The maximum Gasteiger partial charge on any atom is 0.253 e. The van der Waals surface area contributed by atoms with Gasteiger partial charge < -0.3 is 15.5 Å². The number of nitrogens with one attached hydrogen (secondary N) is 2. The Kier molecular flexibility index (Phi) is 4.09. The Morgan fingerprint density at radius 2 is 2.27 bits per heavy atom. The zero-order chi connectivity index (χ0) is 15.5. The molecule has 1 atom stereocenters. The number of carbonyl (C=O) groups excluding carboxylic acids is 2. The first kappa shape index (κ1) is 14.6. The van der Waals surface area contributed by atoms with Crippen molar-refractivity contribution in [2.24, 2.45) is 0 Å². The van der Waals surface area contributed by atoms with Crippen LogP contribution in [0.3, 0.4) is 0 Å². The Morgan fingerprint density at radius 3 is 2.91 bits per heavy atom. The molecule has 0 bridgehead atoms. The molecular weight excluding hydrogens is 280 g/mol. The first-order chi connectivity index (χ1) is 10.7. The van der Waals surface area contributed by atoms with E-state index in [1.54, 1.807) is 18.2 Å². The molecule has 1 unspecified atom stereocenters. The molecule has 1 aliphatic heterocycles. The summed E-state index contributed by atoms with van der Waals surface area (Å²) < 4.78 is 0. The van der Waals surface area contributed by atoms with Gasteiger partial charge in [-0.3, -0.25) is 9.59 Å². The van der Waals surface area contributed by atoms with E-state index in [0.717, 1.165) is 19.4 Å². The van der Waals surface area contributed by atoms with Gasteiger partial charge in [-0.05, 0) is 25.0 Å². The Labute approximate surface area is 129 Å². The highest BCUT2D eigenvalue weighted by atomic mass is 16.2. The number of pyridine rings is 1. The van der Waals surface area contributed by atoms with Crippen molar-refractivity contribution in [1.82, 2.24) is 15.2 Å². The average molecular weight is 300 g/mol. The summed E-state index contributed by atoms with van der Waals surface area (Å²) in [6.07, 6.45) is 5.94. The zero-order valence-electron chi connectivity index (χ0n) is 12.4.